The Balaban J connectivity index is 2.93. The van der Waals surface area contributed by atoms with E-state index in [0.717, 1.165) is 34.6 Å². The molecule has 0 unspecified atom stereocenters. The van der Waals surface area contributed by atoms with Crippen molar-refractivity contribution in [3.05, 3.63) is 28.4 Å². The number of hydrogen-bond acceptors (Lipinski definition) is 3. The number of hydrogen-bond donors (Lipinski definition) is 1. The van der Waals surface area contributed by atoms with E-state index in [1.807, 2.05) is 19.1 Å². The molecular formula is C16H21ClN2O. The Hall–Kier alpha value is -1.48. The largest absolute Gasteiger partial charge is 0.494 e. The summed E-state index contributed by atoms with van der Waals surface area (Å²) in [4.78, 5) is 4.72. The third-order valence-corrected chi connectivity index (χ3v) is 3.74. The number of pyridine rings is 1. The van der Waals surface area contributed by atoms with E-state index in [-0.39, 0.29) is 0 Å². The highest BCUT2D eigenvalue weighted by atomic mass is 35.5. The van der Waals surface area contributed by atoms with E-state index in [1.165, 1.54) is 5.56 Å². The Morgan fingerprint density at radius 2 is 2.05 bits per heavy atom. The maximum absolute atomic E-state index is 6.42. The van der Waals surface area contributed by atoms with Crippen molar-refractivity contribution in [2.24, 2.45) is 0 Å². The van der Waals surface area contributed by atoms with Gasteiger partial charge < -0.3 is 10.1 Å². The SMILES string of the molecule is CCNc1c(C(C)C)c(C)nc2c(OC)ccc(Cl)c12. The fraction of sp³-hybridized carbons (Fsp3) is 0.438. The second-order valence-corrected chi connectivity index (χ2v) is 5.55. The normalized spacial score (nSPS) is 11.2. The van der Waals surface area contributed by atoms with Crippen LogP contribution in [0.15, 0.2) is 12.1 Å². The Kier molecular flexibility index (Phi) is 4.39. The van der Waals surface area contributed by atoms with Crippen LogP contribution in [0.3, 0.4) is 0 Å². The van der Waals surface area contributed by atoms with Gasteiger partial charge in [0.25, 0.3) is 0 Å². The molecule has 0 atom stereocenters. The molecule has 108 valence electrons. The molecule has 0 aliphatic rings. The molecule has 0 spiro atoms. The first-order valence-corrected chi connectivity index (χ1v) is 7.29. The number of nitrogens with zero attached hydrogens (tertiary/aromatic N) is 1. The van der Waals surface area contributed by atoms with Gasteiger partial charge in [0.05, 0.1) is 17.8 Å². The summed E-state index contributed by atoms with van der Waals surface area (Å²) < 4.78 is 5.42. The van der Waals surface area contributed by atoms with Gasteiger partial charge in [-0.1, -0.05) is 25.4 Å². The molecule has 0 radical (unpaired) electrons. The Morgan fingerprint density at radius 3 is 2.60 bits per heavy atom. The molecule has 0 aliphatic heterocycles. The lowest BCUT2D eigenvalue weighted by atomic mass is 9.96. The second kappa shape index (κ2) is 5.88. The molecular weight excluding hydrogens is 272 g/mol. The van der Waals surface area contributed by atoms with Crippen molar-refractivity contribution >= 4 is 28.2 Å². The first-order chi connectivity index (χ1) is 9.51. The zero-order chi connectivity index (χ0) is 14.9. The molecule has 1 aromatic carbocycles. The highest BCUT2D eigenvalue weighted by Crippen LogP contribution is 2.40. The average molecular weight is 293 g/mol. The van der Waals surface area contributed by atoms with Crippen LogP contribution in [-0.2, 0) is 0 Å². The zero-order valence-corrected chi connectivity index (χ0v) is 13.4. The molecule has 0 saturated carbocycles. The summed E-state index contributed by atoms with van der Waals surface area (Å²) in [6.45, 7) is 9.30. The monoisotopic (exact) mass is 292 g/mol. The van der Waals surface area contributed by atoms with E-state index >= 15 is 0 Å². The van der Waals surface area contributed by atoms with Gasteiger partial charge >= 0.3 is 0 Å². The van der Waals surface area contributed by atoms with E-state index in [4.69, 9.17) is 21.3 Å². The molecule has 20 heavy (non-hydrogen) atoms. The van der Waals surface area contributed by atoms with Crippen molar-refractivity contribution in [1.29, 1.82) is 0 Å². The molecule has 0 bridgehead atoms. The van der Waals surface area contributed by atoms with Crippen molar-refractivity contribution in [2.45, 2.75) is 33.6 Å². The third-order valence-electron chi connectivity index (χ3n) is 3.43. The van der Waals surface area contributed by atoms with Crippen LogP contribution in [0.4, 0.5) is 5.69 Å². The van der Waals surface area contributed by atoms with Gasteiger partial charge in [-0.25, -0.2) is 4.98 Å². The number of aryl methyl sites for hydroxylation is 1. The number of fused-ring (bicyclic) bond motifs is 1. The number of benzene rings is 1. The topological polar surface area (TPSA) is 34.2 Å². The Morgan fingerprint density at radius 1 is 1.35 bits per heavy atom. The summed E-state index contributed by atoms with van der Waals surface area (Å²) in [5.74, 6) is 1.13. The summed E-state index contributed by atoms with van der Waals surface area (Å²) in [5.41, 5.74) is 4.13. The number of aromatic nitrogens is 1. The Bertz CT molecular complexity index is 638. The quantitative estimate of drug-likeness (QED) is 0.882. The Labute approximate surface area is 125 Å². The number of rotatable bonds is 4. The predicted molar refractivity (Wildman–Crippen MR) is 86.3 cm³/mol. The van der Waals surface area contributed by atoms with E-state index < -0.39 is 0 Å². The lowest BCUT2D eigenvalue weighted by molar-refractivity contribution is 0.419. The zero-order valence-electron chi connectivity index (χ0n) is 12.7. The van der Waals surface area contributed by atoms with E-state index in [0.29, 0.717) is 10.9 Å². The van der Waals surface area contributed by atoms with Crippen LogP contribution in [-0.4, -0.2) is 18.6 Å². The van der Waals surface area contributed by atoms with Gasteiger partial charge in [0, 0.05) is 17.6 Å². The minimum atomic E-state index is 0.378. The van der Waals surface area contributed by atoms with Crippen molar-refractivity contribution < 1.29 is 4.74 Å². The van der Waals surface area contributed by atoms with Crippen molar-refractivity contribution in [2.75, 3.05) is 19.0 Å². The minimum absolute atomic E-state index is 0.378. The lowest BCUT2D eigenvalue weighted by Crippen LogP contribution is -2.07. The van der Waals surface area contributed by atoms with Gasteiger partial charge in [0.1, 0.15) is 11.3 Å². The van der Waals surface area contributed by atoms with Crippen LogP contribution in [0.5, 0.6) is 5.75 Å². The summed E-state index contributed by atoms with van der Waals surface area (Å²) in [5, 5.41) is 5.10. The van der Waals surface area contributed by atoms with Gasteiger partial charge in [-0.3, -0.25) is 0 Å². The van der Waals surface area contributed by atoms with Gasteiger partial charge in [-0.15, -0.1) is 0 Å². The molecule has 4 heteroatoms. The van der Waals surface area contributed by atoms with Crippen molar-refractivity contribution in [1.82, 2.24) is 4.98 Å². The first-order valence-electron chi connectivity index (χ1n) is 6.91. The predicted octanol–water partition coefficient (Wildman–Crippen LogP) is 4.76. The number of nitrogens with one attached hydrogen (secondary N) is 1. The van der Waals surface area contributed by atoms with E-state index in [9.17, 15) is 0 Å². The number of ether oxygens (including phenoxy) is 1. The molecule has 3 nitrogen and oxygen atoms in total. The second-order valence-electron chi connectivity index (χ2n) is 5.14. The molecule has 2 aromatic rings. The molecule has 2 rings (SSSR count). The van der Waals surface area contributed by atoms with Crippen LogP contribution >= 0.6 is 11.6 Å². The minimum Gasteiger partial charge on any atom is -0.494 e. The van der Waals surface area contributed by atoms with E-state index in [1.54, 1.807) is 7.11 Å². The van der Waals surface area contributed by atoms with Crippen LogP contribution in [0, 0.1) is 6.92 Å². The summed E-state index contributed by atoms with van der Waals surface area (Å²) in [6.07, 6.45) is 0. The van der Waals surface area contributed by atoms with E-state index in [2.05, 4.69) is 26.1 Å². The molecule has 0 aliphatic carbocycles. The van der Waals surface area contributed by atoms with Crippen LogP contribution in [0.2, 0.25) is 5.02 Å². The molecule has 0 fully saturated rings. The maximum atomic E-state index is 6.42. The average Bonchev–Trinajstić information content (AvgIpc) is 2.38. The van der Waals surface area contributed by atoms with Crippen LogP contribution in [0.25, 0.3) is 10.9 Å². The van der Waals surface area contributed by atoms with Gasteiger partial charge in [0.2, 0.25) is 0 Å². The summed E-state index contributed by atoms with van der Waals surface area (Å²) in [6, 6.07) is 3.73. The fourth-order valence-electron chi connectivity index (χ4n) is 2.67. The fourth-order valence-corrected chi connectivity index (χ4v) is 2.92. The maximum Gasteiger partial charge on any atom is 0.145 e. The molecule has 1 aromatic heterocycles. The molecule has 0 amide bonds. The van der Waals surface area contributed by atoms with Gasteiger partial charge in [-0.2, -0.15) is 0 Å². The summed E-state index contributed by atoms with van der Waals surface area (Å²) in [7, 11) is 1.66. The molecule has 1 heterocycles. The molecule has 1 N–H and O–H groups in total. The van der Waals surface area contributed by atoms with Crippen molar-refractivity contribution in [3.63, 3.8) is 0 Å². The highest BCUT2D eigenvalue weighted by molar-refractivity contribution is 6.36. The molecule has 0 saturated heterocycles. The standard InChI is InChI=1S/C16H21ClN2O/c1-6-18-16-13(9(2)3)10(4)19-15-12(20-5)8-7-11(17)14(15)16/h7-9H,6H2,1-5H3,(H,18,19). The van der Waals surface area contributed by atoms with Gasteiger partial charge in [-0.05, 0) is 37.5 Å². The first kappa shape index (κ1) is 14.9. The number of methoxy groups -OCH3 is 1. The van der Waals surface area contributed by atoms with Gasteiger partial charge in [0.15, 0.2) is 0 Å². The van der Waals surface area contributed by atoms with Crippen molar-refractivity contribution in [3.8, 4) is 5.75 Å². The third kappa shape index (κ3) is 2.42. The lowest BCUT2D eigenvalue weighted by Gasteiger charge is -2.20. The summed E-state index contributed by atoms with van der Waals surface area (Å²) >= 11 is 6.42. The van der Waals surface area contributed by atoms with Crippen LogP contribution in [0.1, 0.15) is 37.9 Å². The van der Waals surface area contributed by atoms with Crippen LogP contribution < -0.4 is 10.1 Å². The number of halogens is 1. The smallest absolute Gasteiger partial charge is 0.145 e. The highest BCUT2D eigenvalue weighted by Gasteiger charge is 2.19. The number of anilines is 1.